The van der Waals surface area contributed by atoms with E-state index in [1.165, 1.54) is 0 Å². The maximum atomic E-state index is 10.2. The summed E-state index contributed by atoms with van der Waals surface area (Å²) in [5.41, 5.74) is 0. The van der Waals surface area contributed by atoms with E-state index in [0.717, 1.165) is 6.29 Å². The van der Waals surface area contributed by atoms with E-state index in [1.54, 1.807) is 0 Å². The van der Waals surface area contributed by atoms with E-state index in [-0.39, 0.29) is 18.9 Å². The monoisotopic (exact) mass is 151 g/mol. The van der Waals surface area contributed by atoms with Gasteiger partial charge in [-0.15, -0.1) is 0 Å². The van der Waals surface area contributed by atoms with Gasteiger partial charge in [-0.3, -0.25) is 4.90 Å². The third-order valence-corrected chi connectivity index (χ3v) is 1.61. The summed E-state index contributed by atoms with van der Waals surface area (Å²) in [4.78, 5) is 12.3. The number of carbonyl (C=O) groups excluding carboxylic acids is 1. The Bertz CT molecular complexity index is 96.3. The predicted molar refractivity (Wildman–Crippen MR) is 50.2 cm³/mol. The first kappa shape index (κ1) is 13.8. The Morgan fingerprint density at radius 1 is 1.18 bits per heavy atom. The van der Waals surface area contributed by atoms with Gasteiger partial charge in [-0.25, -0.2) is 0 Å². The molecule has 0 aromatic carbocycles. The summed E-state index contributed by atoms with van der Waals surface area (Å²) in [6.07, 6.45) is 0.958. The van der Waals surface area contributed by atoms with Crippen molar-refractivity contribution in [1.82, 2.24) is 4.90 Å². The third-order valence-electron chi connectivity index (χ3n) is 1.61. The van der Waals surface area contributed by atoms with Crippen LogP contribution in [0.4, 0.5) is 0 Å². The molecule has 0 aromatic heterocycles. The number of nitrogens with zero attached hydrogens (tertiary/aromatic N) is 1. The number of rotatable bonds is 4. The van der Waals surface area contributed by atoms with Crippen LogP contribution in [0.25, 0.3) is 0 Å². The van der Waals surface area contributed by atoms with Crippen LogP contribution in [0.3, 0.4) is 0 Å². The van der Waals surface area contributed by atoms with Crippen molar-refractivity contribution in [2.45, 2.75) is 39.8 Å². The summed E-state index contributed by atoms with van der Waals surface area (Å²) in [7, 11) is 0. The summed E-state index contributed by atoms with van der Waals surface area (Å²) in [6.45, 7) is 8.95. The molecule has 0 aromatic rings. The quantitative estimate of drug-likeness (QED) is 0.434. The van der Waals surface area contributed by atoms with Crippen LogP contribution in [0.5, 0.6) is 0 Å². The van der Waals surface area contributed by atoms with Gasteiger partial charge in [0.05, 0.1) is 6.54 Å². The molecule has 0 rings (SSSR count). The molecular weight excluding hydrogens is 133 g/mol. The van der Waals surface area contributed by atoms with Gasteiger partial charge < -0.3 is 4.79 Å². The van der Waals surface area contributed by atoms with E-state index < -0.39 is 0 Å². The first-order valence-corrected chi connectivity index (χ1v) is 3.79. The summed E-state index contributed by atoms with van der Waals surface area (Å²) in [6, 6.07) is 0.926. The maximum absolute atomic E-state index is 10.2. The Morgan fingerprint density at radius 3 is 1.64 bits per heavy atom. The van der Waals surface area contributed by atoms with Gasteiger partial charge in [-0.1, -0.05) is 0 Å². The first-order valence-electron chi connectivity index (χ1n) is 3.79. The van der Waals surface area contributed by atoms with Crippen molar-refractivity contribution in [1.29, 1.82) is 0 Å². The van der Waals surface area contributed by atoms with Crippen molar-refractivity contribution in [3.8, 4) is 0 Å². The molecule has 0 radical (unpaired) electrons. The van der Waals surface area contributed by atoms with Crippen LogP contribution in [0.2, 0.25) is 0 Å². The molecule has 0 aliphatic rings. The molecular formula is C8H18LiNO. The second-order valence-electron chi connectivity index (χ2n) is 3.05. The van der Waals surface area contributed by atoms with Crippen LogP contribution in [0.1, 0.15) is 27.7 Å². The van der Waals surface area contributed by atoms with E-state index >= 15 is 0 Å². The second-order valence-corrected chi connectivity index (χ2v) is 3.05. The molecule has 0 fully saturated rings. The van der Waals surface area contributed by atoms with Gasteiger partial charge in [0.15, 0.2) is 0 Å². The molecule has 0 atom stereocenters. The number of carbonyl (C=O) groups is 1. The average Bonchev–Trinajstić information content (AvgIpc) is 1.81. The Hall–Kier alpha value is 0.227. The molecule has 0 amide bonds. The topological polar surface area (TPSA) is 20.3 Å². The third kappa shape index (κ3) is 5.49. The van der Waals surface area contributed by atoms with Crippen LogP contribution in [0.15, 0.2) is 0 Å². The summed E-state index contributed by atoms with van der Waals surface area (Å²) < 4.78 is 0. The normalized spacial score (nSPS) is 10.5. The standard InChI is InChI=1S/C8H17NO.Li.H/c1-7(2)9(5-6-10)8(3)4;;/h6-8H,5H2,1-4H3;;. The Kier molecular flexibility index (Phi) is 8.66. The minimum atomic E-state index is 0. The van der Waals surface area contributed by atoms with Gasteiger partial charge in [0, 0.05) is 12.1 Å². The van der Waals surface area contributed by atoms with Gasteiger partial charge in [0.25, 0.3) is 0 Å². The molecule has 0 unspecified atom stereocenters. The SMILES string of the molecule is CC(C)N(CC=O)C(C)C.[LiH]. The average molecular weight is 151 g/mol. The van der Waals surface area contributed by atoms with Crippen LogP contribution < -0.4 is 0 Å². The molecule has 0 aliphatic heterocycles. The number of hydrogen-bond donors (Lipinski definition) is 0. The van der Waals surface area contributed by atoms with Crippen molar-refractivity contribution < 1.29 is 4.79 Å². The summed E-state index contributed by atoms with van der Waals surface area (Å²) >= 11 is 0. The number of aldehydes is 1. The van der Waals surface area contributed by atoms with Gasteiger partial charge in [-0.2, -0.15) is 0 Å². The van der Waals surface area contributed by atoms with Crippen molar-refractivity contribution in [3.05, 3.63) is 0 Å². The molecule has 0 bridgehead atoms. The summed E-state index contributed by atoms with van der Waals surface area (Å²) in [5.74, 6) is 0. The molecule has 0 heterocycles. The number of hydrogen-bond acceptors (Lipinski definition) is 2. The minimum absolute atomic E-state index is 0. The Labute approximate surface area is 81.5 Å². The van der Waals surface area contributed by atoms with Crippen molar-refractivity contribution in [3.63, 3.8) is 0 Å². The van der Waals surface area contributed by atoms with Crippen LogP contribution in [-0.4, -0.2) is 48.7 Å². The van der Waals surface area contributed by atoms with E-state index in [2.05, 4.69) is 32.6 Å². The molecule has 11 heavy (non-hydrogen) atoms. The molecule has 0 saturated heterocycles. The molecule has 62 valence electrons. The molecule has 0 spiro atoms. The second kappa shape index (κ2) is 6.91. The van der Waals surface area contributed by atoms with E-state index in [0.29, 0.717) is 18.6 Å². The van der Waals surface area contributed by atoms with E-state index in [4.69, 9.17) is 0 Å². The molecule has 0 aliphatic carbocycles. The van der Waals surface area contributed by atoms with Gasteiger partial charge in [-0.05, 0) is 27.7 Å². The van der Waals surface area contributed by atoms with Crippen molar-refractivity contribution in [2.24, 2.45) is 0 Å². The fourth-order valence-electron chi connectivity index (χ4n) is 1.10. The van der Waals surface area contributed by atoms with Crippen LogP contribution in [-0.2, 0) is 4.79 Å². The fourth-order valence-corrected chi connectivity index (χ4v) is 1.10. The van der Waals surface area contributed by atoms with Crippen molar-refractivity contribution in [2.75, 3.05) is 6.54 Å². The zero-order chi connectivity index (χ0) is 8.15. The Morgan fingerprint density at radius 2 is 1.55 bits per heavy atom. The van der Waals surface area contributed by atoms with Gasteiger partial charge >= 0.3 is 18.9 Å². The van der Waals surface area contributed by atoms with Gasteiger partial charge in [0.2, 0.25) is 0 Å². The van der Waals surface area contributed by atoms with Crippen molar-refractivity contribution >= 4 is 25.1 Å². The zero-order valence-electron chi connectivity index (χ0n) is 7.29. The molecule has 0 N–H and O–H groups in total. The zero-order valence-corrected chi connectivity index (χ0v) is 7.29. The van der Waals surface area contributed by atoms with Crippen LogP contribution >= 0.6 is 0 Å². The molecule has 3 heteroatoms. The summed E-state index contributed by atoms with van der Waals surface area (Å²) in [5, 5.41) is 0. The molecule has 0 saturated carbocycles. The van der Waals surface area contributed by atoms with Gasteiger partial charge in [0.1, 0.15) is 6.29 Å². The predicted octanol–water partition coefficient (Wildman–Crippen LogP) is 0.656. The van der Waals surface area contributed by atoms with E-state index in [9.17, 15) is 4.79 Å². The Balaban J connectivity index is 0. The first-order chi connectivity index (χ1) is 4.59. The molecule has 2 nitrogen and oxygen atoms in total. The van der Waals surface area contributed by atoms with E-state index in [1.807, 2.05) is 0 Å². The van der Waals surface area contributed by atoms with Crippen LogP contribution in [0, 0.1) is 0 Å². The fraction of sp³-hybridized carbons (Fsp3) is 0.875.